The van der Waals surface area contributed by atoms with Gasteiger partial charge in [0.1, 0.15) is 0 Å². The minimum absolute atomic E-state index is 0.696. The summed E-state index contributed by atoms with van der Waals surface area (Å²) in [6, 6.07) is 16.3. The van der Waals surface area contributed by atoms with Crippen molar-refractivity contribution in [3.63, 3.8) is 0 Å². The van der Waals surface area contributed by atoms with Crippen LogP contribution in [0.5, 0.6) is 0 Å². The summed E-state index contributed by atoms with van der Waals surface area (Å²) in [5.41, 5.74) is 11.7. The average Bonchev–Trinajstić information content (AvgIpc) is 2.55. The van der Waals surface area contributed by atoms with Crippen molar-refractivity contribution in [2.24, 2.45) is 0 Å². The first kappa shape index (κ1) is 14.5. The highest BCUT2D eigenvalue weighted by Crippen LogP contribution is 2.31. The summed E-state index contributed by atoms with van der Waals surface area (Å²) in [6.45, 7) is 2.78. The van der Waals surface area contributed by atoms with E-state index in [9.17, 15) is 0 Å². The number of nitrogens with zero attached hydrogens (tertiary/aromatic N) is 2. The van der Waals surface area contributed by atoms with Gasteiger partial charge in [0.15, 0.2) is 0 Å². The zero-order valence-electron chi connectivity index (χ0n) is 12.8. The molecule has 1 aromatic heterocycles. The number of rotatable bonds is 2. The predicted molar refractivity (Wildman–Crippen MR) is 95.4 cm³/mol. The van der Waals surface area contributed by atoms with Gasteiger partial charge in [0.2, 0.25) is 0 Å². The molecule has 1 aliphatic heterocycles. The number of nitrogen functional groups attached to an aromatic ring is 1. The third-order valence-electron chi connectivity index (χ3n) is 4.48. The van der Waals surface area contributed by atoms with E-state index >= 15 is 0 Å². The van der Waals surface area contributed by atoms with Crippen molar-refractivity contribution in [1.82, 2.24) is 9.88 Å². The van der Waals surface area contributed by atoms with E-state index in [0.717, 1.165) is 48.3 Å². The van der Waals surface area contributed by atoms with Gasteiger partial charge >= 0.3 is 0 Å². The third-order valence-corrected chi connectivity index (χ3v) is 4.71. The zero-order valence-corrected chi connectivity index (χ0v) is 13.6. The molecule has 0 saturated carbocycles. The van der Waals surface area contributed by atoms with Crippen LogP contribution in [-0.2, 0) is 19.5 Å². The highest BCUT2D eigenvalue weighted by Gasteiger charge is 2.21. The van der Waals surface area contributed by atoms with E-state index in [0.29, 0.717) is 5.02 Å². The summed E-state index contributed by atoms with van der Waals surface area (Å²) in [5.74, 6) is 0. The van der Waals surface area contributed by atoms with E-state index < -0.39 is 0 Å². The number of hydrogen-bond donors (Lipinski definition) is 1. The van der Waals surface area contributed by atoms with Crippen molar-refractivity contribution in [2.45, 2.75) is 19.5 Å². The van der Waals surface area contributed by atoms with Gasteiger partial charge in [0.05, 0.1) is 11.2 Å². The molecule has 3 nitrogen and oxygen atoms in total. The zero-order chi connectivity index (χ0) is 15.8. The molecule has 0 atom stereocenters. The number of pyridine rings is 1. The third kappa shape index (κ3) is 2.78. The van der Waals surface area contributed by atoms with Crippen molar-refractivity contribution in [3.8, 4) is 0 Å². The molecular weight excluding hydrogens is 306 g/mol. The van der Waals surface area contributed by atoms with Gasteiger partial charge in [-0.05, 0) is 35.7 Å². The molecule has 2 heterocycles. The molecule has 1 aliphatic rings. The maximum Gasteiger partial charge on any atom is 0.0741 e. The topological polar surface area (TPSA) is 42.1 Å². The summed E-state index contributed by atoms with van der Waals surface area (Å²) in [5, 5.41) is 1.70. The molecule has 0 radical (unpaired) electrons. The van der Waals surface area contributed by atoms with Gasteiger partial charge in [-0.2, -0.15) is 0 Å². The number of hydrogen-bond acceptors (Lipinski definition) is 3. The first-order valence-corrected chi connectivity index (χ1v) is 8.21. The van der Waals surface area contributed by atoms with Gasteiger partial charge in [-0.15, -0.1) is 0 Å². The van der Waals surface area contributed by atoms with Crippen LogP contribution < -0.4 is 5.73 Å². The lowest BCUT2D eigenvalue weighted by Gasteiger charge is -2.29. The highest BCUT2D eigenvalue weighted by molar-refractivity contribution is 6.31. The number of fused-ring (bicyclic) bond motifs is 2. The Labute approximate surface area is 140 Å². The van der Waals surface area contributed by atoms with Gasteiger partial charge in [-0.3, -0.25) is 9.88 Å². The summed E-state index contributed by atoms with van der Waals surface area (Å²) in [6.07, 6.45) is 0.944. The number of benzene rings is 2. The maximum absolute atomic E-state index is 6.39. The standard InChI is InChI=1S/C19H18ClN3/c20-14-6-7-15-17(10-14)22-18-12-23(9-8-16(18)19(15)21)11-13-4-2-1-3-5-13/h1-7,10H,8-9,11-12H2,(H2,21,22). The molecular formula is C19H18ClN3. The first-order chi connectivity index (χ1) is 11.2. The Morgan fingerprint density at radius 2 is 1.96 bits per heavy atom. The van der Waals surface area contributed by atoms with Crippen molar-refractivity contribution >= 4 is 28.2 Å². The van der Waals surface area contributed by atoms with E-state index in [2.05, 4.69) is 29.2 Å². The largest absolute Gasteiger partial charge is 0.398 e. The molecule has 2 N–H and O–H groups in total. The van der Waals surface area contributed by atoms with Gasteiger partial charge in [-0.1, -0.05) is 41.9 Å². The molecule has 3 aromatic rings. The normalized spacial score (nSPS) is 14.8. The van der Waals surface area contributed by atoms with Crippen LogP contribution in [0, 0.1) is 0 Å². The average molecular weight is 324 g/mol. The van der Waals surface area contributed by atoms with Crippen LogP contribution in [0.1, 0.15) is 16.8 Å². The van der Waals surface area contributed by atoms with Crippen molar-refractivity contribution in [2.75, 3.05) is 12.3 Å². The van der Waals surface area contributed by atoms with Gasteiger partial charge < -0.3 is 5.73 Å². The Kier molecular flexibility index (Phi) is 3.68. The van der Waals surface area contributed by atoms with Crippen LogP contribution >= 0.6 is 11.6 Å². The van der Waals surface area contributed by atoms with Crippen molar-refractivity contribution < 1.29 is 0 Å². The van der Waals surface area contributed by atoms with Gasteiger partial charge in [-0.25, -0.2) is 0 Å². The fourth-order valence-electron chi connectivity index (χ4n) is 3.30. The Balaban J connectivity index is 1.67. The molecule has 4 rings (SSSR count). The predicted octanol–water partition coefficient (Wildman–Crippen LogP) is 4.03. The molecule has 0 bridgehead atoms. The lowest BCUT2D eigenvalue weighted by atomic mass is 9.99. The quantitative estimate of drug-likeness (QED) is 0.774. The summed E-state index contributed by atoms with van der Waals surface area (Å²) in [4.78, 5) is 7.24. The lowest BCUT2D eigenvalue weighted by molar-refractivity contribution is 0.242. The summed E-state index contributed by atoms with van der Waals surface area (Å²) < 4.78 is 0. The van der Waals surface area contributed by atoms with E-state index in [-0.39, 0.29) is 0 Å². The first-order valence-electron chi connectivity index (χ1n) is 7.83. The summed E-state index contributed by atoms with van der Waals surface area (Å²) >= 11 is 6.10. The van der Waals surface area contributed by atoms with Gasteiger partial charge in [0, 0.05) is 35.7 Å². The minimum Gasteiger partial charge on any atom is -0.398 e. The number of halogens is 1. The van der Waals surface area contributed by atoms with E-state index in [1.54, 1.807) is 0 Å². The second-order valence-corrected chi connectivity index (χ2v) is 6.49. The van der Waals surface area contributed by atoms with E-state index in [1.165, 1.54) is 11.1 Å². The second kappa shape index (κ2) is 5.84. The smallest absolute Gasteiger partial charge is 0.0741 e. The van der Waals surface area contributed by atoms with Crippen LogP contribution in [0.4, 0.5) is 5.69 Å². The molecule has 0 spiro atoms. The van der Waals surface area contributed by atoms with Gasteiger partial charge in [0.25, 0.3) is 0 Å². The van der Waals surface area contributed by atoms with Crippen LogP contribution in [0.25, 0.3) is 10.9 Å². The minimum atomic E-state index is 0.696. The number of aromatic nitrogens is 1. The monoisotopic (exact) mass is 323 g/mol. The molecule has 4 heteroatoms. The van der Waals surface area contributed by atoms with Crippen LogP contribution in [0.3, 0.4) is 0 Å². The molecule has 0 aliphatic carbocycles. The molecule has 0 amide bonds. The maximum atomic E-state index is 6.39. The Bertz CT molecular complexity index is 861. The van der Waals surface area contributed by atoms with Crippen LogP contribution in [0.2, 0.25) is 5.02 Å². The summed E-state index contributed by atoms with van der Waals surface area (Å²) in [7, 11) is 0. The molecule has 116 valence electrons. The lowest BCUT2D eigenvalue weighted by Crippen LogP contribution is -2.31. The number of anilines is 1. The fraction of sp³-hybridized carbons (Fsp3) is 0.211. The molecule has 23 heavy (non-hydrogen) atoms. The molecule has 2 aromatic carbocycles. The highest BCUT2D eigenvalue weighted by atomic mass is 35.5. The van der Waals surface area contributed by atoms with Crippen LogP contribution in [0.15, 0.2) is 48.5 Å². The van der Waals surface area contributed by atoms with E-state index in [1.807, 2.05) is 24.3 Å². The Morgan fingerprint density at radius 1 is 1.13 bits per heavy atom. The van der Waals surface area contributed by atoms with Crippen LogP contribution in [-0.4, -0.2) is 16.4 Å². The van der Waals surface area contributed by atoms with Crippen molar-refractivity contribution in [1.29, 1.82) is 0 Å². The Morgan fingerprint density at radius 3 is 2.78 bits per heavy atom. The number of nitrogens with two attached hydrogens (primary N) is 1. The van der Waals surface area contributed by atoms with Crippen molar-refractivity contribution in [3.05, 3.63) is 70.4 Å². The molecule has 0 saturated heterocycles. The SMILES string of the molecule is Nc1c2c(nc3cc(Cl)ccc13)CN(Cc1ccccc1)CC2. The molecule has 0 unspecified atom stereocenters. The second-order valence-electron chi connectivity index (χ2n) is 6.06. The Hall–Kier alpha value is -2.10. The fourth-order valence-corrected chi connectivity index (χ4v) is 3.47. The molecule has 0 fully saturated rings. The van der Waals surface area contributed by atoms with E-state index in [4.69, 9.17) is 22.3 Å².